The Balaban J connectivity index is 1.55. The number of aliphatic hydroxyl groups excluding tert-OH is 2. The van der Waals surface area contributed by atoms with Crippen LogP contribution in [0, 0.1) is 0 Å². The van der Waals surface area contributed by atoms with Crippen LogP contribution in [0.25, 0.3) is 11.2 Å². The second kappa shape index (κ2) is 8.48. The first-order valence-electron chi connectivity index (χ1n) is 9.21. The first-order chi connectivity index (χ1) is 14.7. The van der Waals surface area contributed by atoms with E-state index in [0.717, 1.165) is 5.56 Å². The van der Waals surface area contributed by atoms with Crippen LogP contribution in [0.4, 0.5) is 11.5 Å². The summed E-state index contributed by atoms with van der Waals surface area (Å²) in [6.07, 6.45) is -2.42. The second-order valence-electron chi connectivity index (χ2n) is 6.93. The summed E-state index contributed by atoms with van der Waals surface area (Å²) in [6.45, 7) is -0.208. The Kier molecular flexibility index (Phi) is 5.90. The number of aromatic nitrogens is 4. The van der Waals surface area contributed by atoms with Crippen LogP contribution >= 0.6 is 7.82 Å². The number of rotatable bonds is 7. The molecule has 4 atom stereocenters. The number of benzene rings is 1. The zero-order valence-corrected chi connectivity index (χ0v) is 16.9. The minimum absolute atomic E-state index is 0.325. The number of para-hydroxylation sites is 1. The summed E-state index contributed by atoms with van der Waals surface area (Å²) in [5, 5.41) is 23.7. The fourth-order valence-electron chi connectivity index (χ4n) is 3.31. The maximum Gasteiger partial charge on any atom is 0.469 e. The highest BCUT2D eigenvalue weighted by Crippen LogP contribution is 2.39. The Morgan fingerprint density at radius 3 is 2.71 bits per heavy atom. The summed E-state index contributed by atoms with van der Waals surface area (Å²) in [6, 6.07) is 7.37. The average Bonchev–Trinajstić information content (AvgIpc) is 3.27. The number of imidazole rings is 1. The molecule has 0 aliphatic carbocycles. The normalized spacial score (nSPS) is 24.0. The number of phosphoric acid groups is 1. The molecule has 0 unspecified atom stereocenters. The lowest BCUT2D eigenvalue weighted by Crippen LogP contribution is -2.33. The Hall–Kier alpha value is -2.64. The number of hydrogen-bond donors (Lipinski definition) is 6. The van der Waals surface area contributed by atoms with Crippen molar-refractivity contribution in [2.24, 2.45) is 0 Å². The van der Waals surface area contributed by atoms with E-state index in [1.165, 1.54) is 17.2 Å². The zero-order chi connectivity index (χ0) is 22.2. The van der Waals surface area contributed by atoms with Crippen LogP contribution in [0.3, 0.4) is 0 Å². The van der Waals surface area contributed by atoms with Crippen LogP contribution in [-0.2, 0) is 20.4 Å². The van der Waals surface area contributed by atoms with Crippen molar-refractivity contribution >= 4 is 30.5 Å². The maximum absolute atomic E-state index is 10.9. The SMILES string of the molecule is Nc1ccccc1CNc1ncnc2c1ncn2[C@@H]1O[C@H](COP(=O)(O)O)[C@@H](O)[C@H]1O. The van der Waals surface area contributed by atoms with Gasteiger partial charge in [0.2, 0.25) is 0 Å². The van der Waals surface area contributed by atoms with Gasteiger partial charge in [-0.1, -0.05) is 18.2 Å². The van der Waals surface area contributed by atoms with E-state index < -0.39 is 39.0 Å². The van der Waals surface area contributed by atoms with Crippen molar-refractivity contribution in [2.75, 3.05) is 17.7 Å². The molecule has 1 aliphatic heterocycles. The quantitative estimate of drug-likeness (QED) is 0.203. The van der Waals surface area contributed by atoms with Gasteiger partial charge in [-0.3, -0.25) is 9.09 Å². The van der Waals surface area contributed by atoms with E-state index in [-0.39, 0.29) is 0 Å². The van der Waals surface area contributed by atoms with Crippen molar-refractivity contribution in [3.8, 4) is 0 Å². The number of fused-ring (bicyclic) bond motifs is 1. The Labute approximate surface area is 175 Å². The third-order valence-corrected chi connectivity index (χ3v) is 5.36. The van der Waals surface area contributed by atoms with E-state index in [9.17, 15) is 14.8 Å². The van der Waals surface area contributed by atoms with Crippen LogP contribution in [0.5, 0.6) is 0 Å². The van der Waals surface area contributed by atoms with Gasteiger partial charge in [0, 0.05) is 12.2 Å². The number of anilines is 2. The molecule has 7 N–H and O–H groups in total. The van der Waals surface area contributed by atoms with Crippen molar-refractivity contribution in [1.29, 1.82) is 0 Å². The smallest absolute Gasteiger partial charge is 0.398 e. The van der Waals surface area contributed by atoms with E-state index in [2.05, 4.69) is 24.8 Å². The summed E-state index contributed by atoms with van der Waals surface area (Å²) in [5.74, 6) is 0.432. The molecule has 0 radical (unpaired) electrons. The van der Waals surface area contributed by atoms with Gasteiger partial charge in [0.05, 0.1) is 12.9 Å². The molecule has 14 heteroatoms. The number of nitrogens with one attached hydrogen (secondary N) is 1. The molecule has 4 rings (SSSR count). The second-order valence-corrected chi connectivity index (χ2v) is 8.17. The topological polar surface area (TPSA) is 198 Å². The highest BCUT2D eigenvalue weighted by Gasteiger charge is 2.45. The summed E-state index contributed by atoms with van der Waals surface area (Å²) < 4.78 is 22.3. The molecule has 1 aromatic carbocycles. The Bertz CT molecular complexity index is 1120. The zero-order valence-electron chi connectivity index (χ0n) is 16.0. The van der Waals surface area contributed by atoms with Gasteiger partial charge in [0.15, 0.2) is 23.2 Å². The fourth-order valence-corrected chi connectivity index (χ4v) is 3.65. The lowest BCUT2D eigenvalue weighted by atomic mass is 10.1. The van der Waals surface area contributed by atoms with Crippen molar-refractivity contribution in [3.63, 3.8) is 0 Å². The molecule has 0 bridgehead atoms. The molecular formula is C17H21N6O7P. The number of phosphoric ester groups is 1. The number of ether oxygens (including phenoxy) is 1. The van der Waals surface area contributed by atoms with Crippen molar-refractivity contribution in [2.45, 2.75) is 31.1 Å². The van der Waals surface area contributed by atoms with Gasteiger partial charge < -0.3 is 35.8 Å². The summed E-state index contributed by atoms with van der Waals surface area (Å²) in [7, 11) is -4.76. The molecule has 0 saturated carbocycles. The summed E-state index contributed by atoms with van der Waals surface area (Å²) in [5.41, 5.74) is 8.19. The highest BCUT2D eigenvalue weighted by atomic mass is 31.2. The molecular weight excluding hydrogens is 431 g/mol. The molecule has 3 heterocycles. The van der Waals surface area contributed by atoms with Crippen LogP contribution in [0.1, 0.15) is 11.8 Å². The number of nitrogens with zero attached hydrogens (tertiary/aromatic N) is 4. The van der Waals surface area contributed by atoms with Crippen LogP contribution in [-0.4, -0.2) is 64.4 Å². The van der Waals surface area contributed by atoms with Gasteiger partial charge in [-0.15, -0.1) is 0 Å². The third kappa shape index (κ3) is 4.52. The Morgan fingerprint density at radius 2 is 1.97 bits per heavy atom. The molecule has 2 aromatic heterocycles. The van der Waals surface area contributed by atoms with Gasteiger partial charge in [-0.2, -0.15) is 0 Å². The van der Waals surface area contributed by atoms with Crippen LogP contribution < -0.4 is 11.1 Å². The van der Waals surface area contributed by atoms with Crippen molar-refractivity contribution in [1.82, 2.24) is 19.5 Å². The minimum atomic E-state index is -4.76. The molecule has 13 nitrogen and oxygen atoms in total. The number of hydrogen-bond acceptors (Lipinski definition) is 10. The predicted molar refractivity (Wildman–Crippen MR) is 107 cm³/mol. The molecule has 0 amide bonds. The number of aliphatic hydroxyl groups is 2. The maximum atomic E-state index is 10.9. The third-order valence-electron chi connectivity index (χ3n) is 4.88. The highest BCUT2D eigenvalue weighted by molar-refractivity contribution is 7.46. The van der Waals surface area contributed by atoms with Gasteiger partial charge in [-0.05, 0) is 11.6 Å². The van der Waals surface area contributed by atoms with Crippen molar-refractivity contribution < 1.29 is 33.8 Å². The van der Waals surface area contributed by atoms with Gasteiger partial charge >= 0.3 is 7.82 Å². The molecule has 1 fully saturated rings. The molecule has 1 aliphatic rings. The van der Waals surface area contributed by atoms with Crippen molar-refractivity contribution in [3.05, 3.63) is 42.5 Å². The van der Waals surface area contributed by atoms with E-state index in [0.29, 0.717) is 29.2 Å². The average molecular weight is 452 g/mol. The van der Waals surface area contributed by atoms with Crippen LogP contribution in [0.2, 0.25) is 0 Å². The minimum Gasteiger partial charge on any atom is -0.398 e. The molecule has 166 valence electrons. The van der Waals surface area contributed by atoms with Gasteiger partial charge in [0.1, 0.15) is 24.6 Å². The summed E-state index contributed by atoms with van der Waals surface area (Å²) in [4.78, 5) is 30.4. The van der Waals surface area contributed by atoms with E-state index >= 15 is 0 Å². The summed E-state index contributed by atoms with van der Waals surface area (Å²) >= 11 is 0. The van der Waals surface area contributed by atoms with Gasteiger partial charge in [0.25, 0.3) is 0 Å². The first-order valence-corrected chi connectivity index (χ1v) is 10.7. The molecule has 1 saturated heterocycles. The van der Waals surface area contributed by atoms with E-state index in [1.54, 1.807) is 6.07 Å². The monoisotopic (exact) mass is 452 g/mol. The lowest BCUT2D eigenvalue weighted by Gasteiger charge is -2.16. The number of nitrogen functional groups attached to an aromatic ring is 1. The predicted octanol–water partition coefficient (Wildman–Crippen LogP) is -0.251. The lowest BCUT2D eigenvalue weighted by molar-refractivity contribution is -0.0504. The number of nitrogens with two attached hydrogens (primary N) is 1. The molecule has 3 aromatic rings. The van der Waals surface area contributed by atoms with Crippen LogP contribution in [0.15, 0.2) is 36.9 Å². The van der Waals surface area contributed by atoms with E-state index in [1.807, 2.05) is 18.2 Å². The van der Waals surface area contributed by atoms with E-state index in [4.69, 9.17) is 20.3 Å². The first kappa shape index (κ1) is 21.6. The molecule has 31 heavy (non-hydrogen) atoms. The standard InChI is InChI=1S/C17H21N6O7P/c18-10-4-2-1-3-9(10)5-19-15-12-16(21-7-20-15)23(8-22-12)17-14(25)13(24)11(30-17)6-29-31(26,27)28/h1-4,7-8,11,13-14,17,24-25H,5-6,18H2,(H,19,20,21)(H2,26,27,28)/t11-,13-,14-,17-/m1/s1. The van der Waals surface area contributed by atoms with Gasteiger partial charge in [-0.25, -0.2) is 19.5 Å². The fraction of sp³-hybridized carbons (Fsp3) is 0.353. The largest absolute Gasteiger partial charge is 0.469 e. The Morgan fingerprint density at radius 1 is 1.19 bits per heavy atom. The molecule has 0 spiro atoms.